The van der Waals surface area contributed by atoms with E-state index >= 15 is 0 Å². The molecule has 148 valence electrons. The van der Waals surface area contributed by atoms with Gasteiger partial charge in [-0.3, -0.25) is 5.01 Å². The van der Waals surface area contributed by atoms with Crippen molar-refractivity contribution in [3.8, 4) is 24.3 Å². The minimum atomic E-state index is -0.210. The predicted molar refractivity (Wildman–Crippen MR) is 107 cm³/mol. The Morgan fingerprint density at radius 1 is 0.800 bits per heavy atom. The molecule has 2 aromatic heterocycles. The highest BCUT2D eigenvalue weighted by Gasteiger charge is 2.30. The van der Waals surface area contributed by atoms with Gasteiger partial charge in [0, 0.05) is 6.54 Å². The monoisotopic (exact) mass is 398 g/mol. The summed E-state index contributed by atoms with van der Waals surface area (Å²) >= 11 is 0. The van der Waals surface area contributed by atoms with E-state index in [9.17, 15) is 21.0 Å². The molecule has 0 bridgehead atoms. The summed E-state index contributed by atoms with van der Waals surface area (Å²) in [6, 6.07) is 7.79. The molecule has 3 heterocycles. The lowest BCUT2D eigenvalue weighted by Gasteiger charge is -2.36. The topological polar surface area (TPSA) is 152 Å². The molecule has 10 nitrogen and oxygen atoms in total. The zero-order chi connectivity index (χ0) is 21.7. The quantitative estimate of drug-likeness (QED) is 0.713. The Morgan fingerprint density at radius 3 is 2.07 bits per heavy atom. The Hall–Kier alpha value is -4.28. The maximum absolute atomic E-state index is 10.0. The van der Waals surface area contributed by atoms with Crippen LogP contribution < -0.4 is 5.01 Å². The van der Waals surface area contributed by atoms with Crippen LogP contribution in [0.15, 0.2) is 10.3 Å². The molecule has 1 aliphatic heterocycles. The lowest BCUT2D eigenvalue weighted by Crippen LogP contribution is -2.42. The van der Waals surface area contributed by atoms with Crippen LogP contribution in [0.4, 0.5) is 11.5 Å². The Labute approximate surface area is 173 Å². The molecule has 0 fully saturated rings. The van der Waals surface area contributed by atoms with Crippen LogP contribution in [0.1, 0.15) is 61.9 Å². The third-order valence-electron chi connectivity index (χ3n) is 4.74. The Morgan fingerprint density at radius 2 is 1.47 bits per heavy atom. The third-order valence-corrected chi connectivity index (χ3v) is 4.74. The molecule has 1 aliphatic rings. The normalized spacial score (nSPS) is 12.1. The minimum Gasteiger partial charge on any atom is -0.263 e. The Bertz CT molecular complexity index is 1190. The highest BCUT2D eigenvalue weighted by atomic mass is 15.8. The molecule has 0 radical (unpaired) electrons. The predicted octanol–water partition coefficient (Wildman–Crippen LogP) is 3.75. The molecular formula is C20H18N10. The van der Waals surface area contributed by atoms with E-state index in [2.05, 4.69) is 40.2 Å². The average molecular weight is 398 g/mol. The first-order chi connectivity index (χ1) is 14.6. The van der Waals surface area contributed by atoms with Crippen molar-refractivity contribution >= 4 is 22.5 Å². The third kappa shape index (κ3) is 3.32. The van der Waals surface area contributed by atoms with Crippen molar-refractivity contribution in [1.82, 2.24) is 15.1 Å². The fourth-order valence-electron chi connectivity index (χ4n) is 3.26. The summed E-state index contributed by atoms with van der Waals surface area (Å²) in [5, 5.41) is 50.7. The summed E-state index contributed by atoms with van der Waals surface area (Å²) < 4.78 is 0. The number of fused-ring (bicyclic) bond motifs is 2. The lowest BCUT2D eigenvalue weighted by molar-refractivity contribution is 0.231. The van der Waals surface area contributed by atoms with Gasteiger partial charge in [-0.1, -0.05) is 26.7 Å². The van der Waals surface area contributed by atoms with Crippen molar-refractivity contribution < 1.29 is 0 Å². The molecule has 0 saturated heterocycles. The van der Waals surface area contributed by atoms with E-state index in [4.69, 9.17) is 0 Å². The molecule has 10 heteroatoms. The van der Waals surface area contributed by atoms with Crippen molar-refractivity contribution in [3.63, 3.8) is 0 Å². The SMILES string of the molecule is CCCCN1N=Nc2nc3nc(C#N)c(C#N)c(C#N)c3c(C#N)c2N1CCCC. The summed E-state index contributed by atoms with van der Waals surface area (Å²) in [7, 11) is 0. The van der Waals surface area contributed by atoms with Gasteiger partial charge >= 0.3 is 0 Å². The van der Waals surface area contributed by atoms with E-state index in [1.165, 1.54) is 0 Å². The van der Waals surface area contributed by atoms with Crippen LogP contribution in [-0.2, 0) is 0 Å². The second kappa shape index (κ2) is 8.82. The number of nitrogens with zero attached hydrogens (tertiary/aromatic N) is 10. The van der Waals surface area contributed by atoms with Crippen molar-refractivity contribution in [2.24, 2.45) is 10.3 Å². The van der Waals surface area contributed by atoms with Crippen LogP contribution in [0.3, 0.4) is 0 Å². The minimum absolute atomic E-state index is 0.0220. The first-order valence-corrected chi connectivity index (χ1v) is 9.63. The molecule has 0 aliphatic carbocycles. The molecule has 0 N–H and O–H groups in total. The van der Waals surface area contributed by atoms with E-state index in [-0.39, 0.29) is 39.2 Å². The fourth-order valence-corrected chi connectivity index (χ4v) is 3.26. The van der Waals surface area contributed by atoms with Crippen molar-refractivity contribution in [2.75, 3.05) is 18.1 Å². The van der Waals surface area contributed by atoms with Crippen LogP contribution in [-0.4, -0.2) is 28.2 Å². The number of hydrazine groups is 1. The summed E-state index contributed by atoms with van der Waals surface area (Å²) in [6.45, 7) is 5.34. The van der Waals surface area contributed by atoms with Crippen LogP contribution in [0, 0.1) is 45.3 Å². The Balaban J connectivity index is 2.37. The number of hydrogen-bond acceptors (Lipinski definition) is 10. The van der Waals surface area contributed by atoms with Gasteiger partial charge in [0.2, 0.25) is 5.82 Å². The fraction of sp³-hybridized carbons (Fsp3) is 0.400. The summed E-state index contributed by atoms with van der Waals surface area (Å²) in [5.41, 5.74) is 0.162. The maximum Gasteiger partial charge on any atom is 0.205 e. The van der Waals surface area contributed by atoms with Gasteiger partial charge in [-0.25, -0.2) is 9.97 Å². The number of nitriles is 4. The standard InChI is InChI=1S/C20H18N10/c1-3-5-7-29-18-15(11-23)17-14(10-22)13(9-21)16(12-24)25-19(17)26-20(18)27-28-30(29)8-6-4-2/h3-8H2,1-2H3. The van der Waals surface area contributed by atoms with Gasteiger partial charge in [-0.2, -0.15) is 26.2 Å². The highest BCUT2D eigenvalue weighted by Crippen LogP contribution is 2.40. The molecule has 30 heavy (non-hydrogen) atoms. The maximum atomic E-state index is 10.0. The molecule has 0 saturated carbocycles. The largest absolute Gasteiger partial charge is 0.263 e. The number of anilines is 1. The average Bonchev–Trinajstić information content (AvgIpc) is 2.78. The van der Waals surface area contributed by atoms with Crippen molar-refractivity contribution in [3.05, 3.63) is 22.4 Å². The second-order valence-corrected chi connectivity index (χ2v) is 6.63. The number of rotatable bonds is 6. The van der Waals surface area contributed by atoms with Crippen LogP contribution in [0.2, 0.25) is 0 Å². The van der Waals surface area contributed by atoms with E-state index in [1.54, 1.807) is 5.12 Å². The van der Waals surface area contributed by atoms with Gasteiger partial charge < -0.3 is 0 Å². The van der Waals surface area contributed by atoms with Crippen LogP contribution in [0.5, 0.6) is 0 Å². The van der Waals surface area contributed by atoms with Crippen molar-refractivity contribution in [1.29, 1.82) is 21.0 Å². The smallest absolute Gasteiger partial charge is 0.205 e. The molecule has 2 aromatic rings. The lowest BCUT2D eigenvalue weighted by atomic mass is 9.99. The molecule has 0 atom stereocenters. The van der Waals surface area contributed by atoms with E-state index in [0.29, 0.717) is 18.8 Å². The summed E-state index contributed by atoms with van der Waals surface area (Å²) in [4.78, 5) is 8.50. The van der Waals surface area contributed by atoms with Gasteiger partial charge in [0.15, 0.2) is 11.3 Å². The Kier molecular flexibility index (Phi) is 6.01. The zero-order valence-corrected chi connectivity index (χ0v) is 16.7. The first-order valence-electron chi connectivity index (χ1n) is 9.63. The first kappa shape index (κ1) is 20.5. The number of pyridine rings is 2. The number of aromatic nitrogens is 2. The summed E-state index contributed by atoms with van der Waals surface area (Å²) in [6.07, 6.45) is 3.63. The van der Waals surface area contributed by atoms with Crippen molar-refractivity contribution in [2.45, 2.75) is 39.5 Å². The highest BCUT2D eigenvalue weighted by molar-refractivity contribution is 5.97. The molecule has 0 spiro atoms. The van der Waals surface area contributed by atoms with E-state index < -0.39 is 0 Å². The molecule has 0 amide bonds. The summed E-state index contributed by atoms with van der Waals surface area (Å²) in [5.74, 6) is 0.202. The van der Waals surface area contributed by atoms with Gasteiger partial charge in [0.1, 0.15) is 35.5 Å². The van der Waals surface area contributed by atoms with E-state index in [1.807, 2.05) is 23.2 Å². The zero-order valence-electron chi connectivity index (χ0n) is 16.7. The number of unbranched alkanes of at least 4 members (excludes halogenated alkanes) is 2. The van der Waals surface area contributed by atoms with E-state index in [0.717, 1.165) is 25.7 Å². The van der Waals surface area contributed by atoms with Gasteiger partial charge in [-0.15, -0.1) is 5.11 Å². The number of hydrogen-bond donors (Lipinski definition) is 0. The molecule has 3 rings (SSSR count). The molecular weight excluding hydrogens is 380 g/mol. The molecule has 0 unspecified atom stereocenters. The van der Waals surface area contributed by atoms with Gasteiger partial charge in [0.25, 0.3) is 0 Å². The van der Waals surface area contributed by atoms with Crippen LogP contribution in [0.25, 0.3) is 11.0 Å². The van der Waals surface area contributed by atoms with Crippen LogP contribution >= 0.6 is 0 Å². The van der Waals surface area contributed by atoms with Gasteiger partial charge in [0.05, 0.1) is 23.1 Å². The van der Waals surface area contributed by atoms with Gasteiger partial charge in [-0.05, 0) is 18.1 Å². The molecule has 0 aromatic carbocycles. The second-order valence-electron chi connectivity index (χ2n) is 6.63.